The highest BCUT2D eigenvalue weighted by atomic mass is 16.5. The number of fused-ring (bicyclic) bond motifs is 1. The summed E-state index contributed by atoms with van der Waals surface area (Å²) in [7, 11) is 0. The molecule has 1 unspecified atom stereocenters. The lowest BCUT2D eigenvalue weighted by molar-refractivity contribution is -0.119. The summed E-state index contributed by atoms with van der Waals surface area (Å²) in [6.45, 7) is 3.46. The summed E-state index contributed by atoms with van der Waals surface area (Å²) in [6.07, 6.45) is 2.64. The molecule has 19 heavy (non-hydrogen) atoms. The highest BCUT2D eigenvalue weighted by Gasteiger charge is 2.25. The monoisotopic (exact) mass is 260 g/mol. The van der Waals surface area contributed by atoms with Crippen molar-refractivity contribution >= 4 is 11.6 Å². The molecule has 1 atom stereocenters. The SMILES string of the molecule is O=C(CC1CCNC1)N1CCCOc2ccccc21. The van der Waals surface area contributed by atoms with Gasteiger partial charge in [-0.1, -0.05) is 12.1 Å². The standard InChI is InChI=1S/C15H20N2O2/c18-15(10-12-6-7-16-11-12)17-8-3-9-19-14-5-2-1-4-13(14)17/h1-2,4-5,12,16H,3,6-11H2. The fraction of sp³-hybridized carbons (Fsp3) is 0.533. The lowest BCUT2D eigenvalue weighted by Gasteiger charge is -2.23. The smallest absolute Gasteiger partial charge is 0.227 e. The van der Waals surface area contributed by atoms with Gasteiger partial charge in [-0.2, -0.15) is 0 Å². The second-order valence-electron chi connectivity index (χ2n) is 5.28. The highest BCUT2D eigenvalue weighted by molar-refractivity contribution is 5.95. The Morgan fingerprint density at radius 1 is 1.42 bits per heavy atom. The Balaban J connectivity index is 1.77. The van der Waals surface area contributed by atoms with Gasteiger partial charge in [-0.05, 0) is 44.0 Å². The second kappa shape index (κ2) is 5.61. The largest absolute Gasteiger partial charge is 0.491 e. The molecule has 2 aliphatic rings. The van der Waals surface area contributed by atoms with E-state index in [1.165, 1.54) is 0 Å². The van der Waals surface area contributed by atoms with Crippen molar-refractivity contribution in [1.29, 1.82) is 0 Å². The molecule has 1 aromatic rings. The summed E-state index contributed by atoms with van der Waals surface area (Å²) in [5.41, 5.74) is 0.927. The van der Waals surface area contributed by atoms with Crippen molar-refractivity contribution in [3.63, 3.8) is 0 Å². The topological polar surface area (TPSA) is 41.6 Å². The second-order valence-corrected chi connectivity index (χ2v) is 5.28. The zero-order valence-electron chi connectivity index (χ0n) is 11.1. The van der Waals surface area contributed by atoms with Crippen LogP contribution in [0.2, 0.25) is 0 Å². The Morgan fingerprint density at radius 2 is 2.32 bits per heavy atom. The number of hydrogen-bond acceptors (Lipinski definition) is 3. The molecule has 2 aliphatic heterocycles. The fourth-order valence-electron chi connectivity index (χ4n) is 2.83. The Bertz CT molecular complexity index is 455. The number of nitrogens with one attached hydrogen (secondary N) is 1. The minimum Gasteiger partial charge on any atom is -0.491 e. The van der Waals surface area contributed by atoms with Gasteiger partial charge in [0.15, 0.2) is 0 Å². The summed E-state index contributed by atoms with van der Waals surface area (Å²) in [4.78, 5) is 14.4. The predicted molar refractivity (Wildman–Crippen MR) is 74.5 cm³/mol. The van der Waals surface area contributed by atoms with Crippen LogP contribution in [0, 0.1) is 5.92 Å². The summed E-state index contributed by atoms with van der Waals surface area (Å²) in [5.74, 6) is 1.55. The summed E-state index contributed by atoms with van der Waals surface area (Å²) in [6, 6.07) is 7.84. The van der Waals surface area contributed by atoms with Crippen LogP contribution < -0.4 is 15.0 Å². The van der Waals surface area contributed by atoms with Crippen LogP contribution in [-0.2, 0) is 4.79 Å². The number of hydrogen-bond donors (Lipinski definition) is 1. The quantitative estimate of drug-likeness (QED) is 0.881. The molecule has 4 nitrogen and oxygen atoms in total. The maximum atomic E-state index is 12.5. The van der Waals surface area contributed by atoms with Gasteiger partial charge in [-0.25, -0.2) is 0 Å². The predicted octanol–water partition coefficient (Wildman–Crippen LogP) is 1.80. The van der Waals surface area contributed by atoms with Crippen LogP contribution in [-0.4, -0.2) is 32.1 Å². The van der Waals surface area contributed by atoms with Crippen LogP contribution in [0.3, 0.4) is 0 Å². The first-order valence-corrected chi connectivity index (χ1v) is 7.07. The van der Waals surface area contributed by atoms with E-state index in [4.69, 9.17) is 4.74 Å². The van der Waals surface area contributed by atoms with E-state index in [2.05, 4.69) is 5.32 Å². The summed E-state index contributed by atoms with van der Waals surface area (Å²) < 4.78 is 5.69. The minimum atomic E-state index is 0.228. The van der Waals surface area contributed by atoms with Crippen LogP contribution >= 0.6 is 0 Å². The first-order valence-electron chi connectivity index (χ1n) is 7.07. The van der Waals surface area contributed by atoms with E-state index in [-0.39, 0.29) is 5.91 Å². The van der Waals surface area contributed by atoms with E-state index < -0.39 is 0 Å². The summed E-state index contributed by atoms with van der Waals surface area (Å²) >= 11 is 0. The van der Waals surface area contributed by atoms with Gasteiger partial charge in [0, 0.05) is 13.0 Å². The summed E-state index contributed by atoms with van der Waals surface area (Å²) in [5, 5.41) is 3.32. The van der Waals surface area contributed by atoms with E-state index in [1.807, 2.05) is 29.2 Å². The molecule has 1 amide bonds. The first kappa shape index (κ1) is 12.5. The fourth-order valence-corrected chi connectivity index (χ4v) is 2.83. The molecule has 0 saturated carbocycles. The van der Waals surface area contributed by atoms with Gasteiger partial charge in [0.05, 0.1) is 12.3 Å². The van der Waals surface area contributed by atoms with E-state index in [0.29, 0.717) is 18.9 Å². The molecule has 1 saturated heterocycles. The number of rotatable bonds is 2. The minimum absolute atomic E-state index is 0.228. The number of anilines is 1. The highest BCUT2D eigenvalue weighted by Crippen LogP contribution is 2.31. The van der Waals surface area contributed by atoms with E-state index in [1.54, 1.807) is 0 Å². The third-order valence-corrected chi connectivity index (χ3v) is 3.87. The Kier molecular flexibility index (Phi) is 3.69. The molecule has 1 N–H and O–H groups in total. The van der Waals surface area contributed by atoms with Crippen molar-refractivity contribution in [2.24, 2.45) is 5.92 Å². The van der Waals surface area contributed by atoms with Crippen molar-refractivity contribution in [2.75, 3.05) is 31.1 Å². The van der Waals surface area contributed by atoms with Gasteiger partial charge in [0.25, 0.3) is 0 Å². The molecule has 1 aromatic carbocycles. The van der Waals surface area contributed by atoms with Crippen LogP contribution in [0.15, 0.2) is 24.3 Å². The average molecular weight is 260 g/mol. The van der Waals surface area contributed by atoms with Crippen molar-refractivity contribution in [3.05, 3.63) is 24.3 Å². The Morgan fingerprint density at radius 3 is 3.16 bits per heavy atom. The zero-order valence-corrected chi connectivity index (χ0v) is 11.1. The molecule has 0 spiro atoms. The number of carbonyl (C=O) groups is 1. The van der Waals surface area contributed by atoms with Gasteiger partial charge in [0.1, 0.15) is 5.75 Å². The van der Waals surface area contributed by atoms with Crippen molar-refractivity contribution in [1.82, 2.24) is 5.32 Å². The molecular weight excluding hydrogens is 240 g/mol. The molecule has 0 radical (unpaired) electrons. The van der Waals surface area contributed by atoms with E-state index >= 15 is 0 Å². The van der Waals surface area contributed by atoms with Gasteiger partial charge in [-0.3, -0.25) is 4.79 Å². The van der Waals surface area contributed by atoms with Crippen molar-refractivity contribution in [2.45, 2.75) is 19.3 Å². The van der Waals surface area contributed by atoms with Crippen LogP contribution in [0.25, 0.3) is 0 Å². The molecule has 3 rings (SSSR count). The van der Waals surface area contributed by atoms with Gasteiger partial charge in [-0.15, -0.1) is 0 Å². The molecule has 0 aromatic heterocycles. The third-order valence-electron chi connectivity index (χ3n) is 3.87. The number of nitrogens with zero attached hydrogens (tertiary/aromatic N) is 1. The van der Waals surface area contributed by atoms with Crippen LogP contribution in [0.1, 0.15) is 19.3 Å². The first-order chi connectivity index (χ1) is 9.34. The van der Waals surface area contributed by atoms with Gasteiger partial charge in [0.2, 0.25) is 5.91 Å². The Labute approximate surface area is 113 Å². The molecular formula is C15H20N2O2. The third kappa shape index (κ3) is 2.73. The number of benzene rings is 1. The lowest BCUT2D eigenvalue weighted by atomic mass is 10.0. The van der Waals surface area contributed by atoms with Crippen molar-refractivity contribution < 1.29 is 9.53 Å². The molecule has 1 fully saturated rings. The normalized spacial score (nSPS) is 22.5. The van der Waals surface area contributed by atoms with Crippen LogP contribution in [0.4, 0.5) is 5.69 Å². The number of ether oxygens (including phenoxy) is 1. The molecule has 102 valence electrons. The molecule has 0 aliphatic carbocycles. The number of para-hydroxylation sites is 2. The van der Waals surface area contributed by atoms with Crippen LogP contribution in [0.5, 0.6) is 5.75 Å². The molecule has 4 heteroatoms. The maximum Gasteiger partial charge on any atom is 0.227 e. The molecule has 0 bridgehead atoms. The van der Waals surface area contributed by atoms with E-state index in [9.17, 15) is 4.79 Å². The number of amides is 1. The van der Waals surface area contributed by atoms with Crippen molar-refractivity contribution in [3.8, 4) is 5.75 Å². The lowest BCUT2D eigenvalue weighted by Crippen LogP contribution is -2.33. The molecule has 2 heterocycles. The van der Waals surface area contributed by atoms with Gasteiger partial charge < -0.3 is 15.0 Å². The maximum absolute atomic E-state index is 12.5. The number of carbonyl (C=O) groups excluding carboxylic acids is 1. The van der Waals surface area contributed by atoms with Gasteiger partial charge >= 0.3 is 0 Å². The Hall–Kier alpha value is -1.55. The van der Waals surface area contributed by atoms with E-state index in [0.717, 1.165) is 43.9 Å². The average Bonchev–Trinajstić information content (AvgIpc) is 2.83. The zero-order chi connectivity index (χ0) is 13.1.